The van der Waals surface area contributed by atoms with E-state index in [2.05, 4.69) is 67.6 Å². The molecule has 9 aromatic rings. The van der Waals surface area contributed by atoms with E-state index < -0.39 is 18.6 Å². The summed E-state index contributed by atoms with van der Waals surface area (Å²) in [5.74, 6) is -1.71. The highest BCUT2D eigenvalue weighted by Gasteiger charge is 2.23. The zero-order valence-corrected chi connectivity index (χ0v) is 34.5. The Morgan fingerprint density at radius 2 is 1.22 bits per heavy atom. The number of hydrogen-bond acceptors (Lipinski definition) is 3. The molecule has 1 N–H and O–H groups in total. The molecule has 0 saturated heterocycles. The summed E-state index contributed by atoms with van der Waals surface area (Å²) >= 11 is 0. The van der Waals surface area contributed by atoms with Crippen molar-refractivity contribution in [1.82, 2.24) is 14.5 Å². The molecule has 0 aliphatic carbocycles. The number of imidazole rings is 1. The fourth-order valence-corrected chi connectivity index (χ4v) is 8.24. The van der Waals surface area contributed by atoms with E-state index >= 15 is 0 Å². The molecule has 4 nitrogen and oxygen atoms in total. The van der Waals surface area contributed by atoms with Gasteiger partial charge in [-0.1, -0.05) is 136 Å². The van der Waals surface area contributed by atoms with Crippen LogP contribution in [0.3, 0.4) is 0 Å². The molecular formula is C56H49N3O. The molecule has 294 valence electrons. The lowest BCUT2D eigenvalue weighted by atomic mass is 9.84. The van der Waals surface area contributed by atoms with E-state index in [0.717, 1.165) is 44.6 Å². The Bertz CT molecular complexity index is 3200. The first-order chi connectivity index (χ1) is 31.0. The van der Waals surface area contributed by atoms with E-state index in [1.165, 1.54) is 5.56 Å². The van der Waals surface area contributed by atoms with Gasteiger partial charge in [0.25, 0.3) is 0 Å². The third kappa shape index (κ3) is 7.20. The van der Waals surface area contributed by atoms with Crippen LogP contribution in [0.5, 0.6) is 5.75 Å². The van der Waals surface area contributed by atoms with Crippen molar-refractivity contribution >= 4 is 11.0 Å². The van der Waals surface area contributed by atoms with E-state index in [1.54, 1.807) is 58.0 Å². The normalized spacial score (nSPS) is 13.3. The van der Waals surface area contributed by atoms with Gasteiger partial charge >= 0.3 is 0 Å². The second-order valence-electron chi connectivity index (χ2n) is 15.9. The van der Waals surface area contributed by atoms with Gasteiger partial charge in [-0.25, -0.2) is 4.98 Å². The minimum absolute atomic E-state index is 0.000484. The van der Waals surface area contributed by atoms with Crippen molar-refractivity contribution in [2.45, 2.75) is 53.3 Å². The maximum Gasteiger partial charge on any atom is 0.149 e. The predicted molar refractivity (Wildman–Crippen MR) is 251 cm³/mol. The standard InChI is InChI=1S/C56H49N3O/c1-35(2)46-17-12-18-47(36(3)4)54(46)42-26-27-51(38(6)30-42)59-52-20-13-19-48(55(52)58-56(59)49-16-10-11-21-53(49)60)44-31-43(39-14-8-7-9-15-39)32-45(33-44)50-34-41(28-29-57-50)40-24-22-37(5)23-25-40/h7-36,60H,1-6H3/i6D3,35D,36D. The van der Waals surface area contributed by atoms with Crippen molar-refractivity contribution in [3.8, 4) is 78.6 Å². The van der Waals surface area contributed by atoms with Gasteiger partial charge in [-0.2, -0.15) is 0 Å². The Hall–Kier alpha value is -7.04. The summed E-state index contributed by atoms with van der Waals surface area (Å²) in [6, 6.07) is 53.1. The van der Waals surface area contributed by atoms with Crippen LogP contribution in [0.1, 0.15) is 68.6 Å². The van der Waals surface area contributed by atoms with Crippen LogP contribution in [0.2, 0.25) is 0 Å². The van der Waals surface area contributed by atoms with Crippen LogP contribution >= 0.6 is 0 Å². The van der Waals surface area contributed by atoms with E-state index in [4.69, 9.17) is 16.8 Å². The van der Waals surface area contributed by atoms with Crippen molar-refractivity contribution in [3.63, 3.8) is 0 Å². The fourth-order valence-electron chi connectivity index (χ4n) is 8.24. The van der Waals surface area contributed by atoms with E-state index in [-0.39, 0.29) is 11.3 Å². The number of fused-ring (bicyclic) bond motifs is 1. The number of benzene rings is 7. The van der Waals surface area contributed by atoms with Gasteiger partial charge in [-0.15, -0.1) is 0 Å². The number of aromatic hydroxyl groups is 1. The van der Waals surface area contributed by atoms with Crippen LogP contribution in [0.4, 0.5) is 0 Å². The Morgan fingerprint density at radius 3 is 1.95 bits per heavy atom. The van der Waals surface area contributed by atoms with Gasteiger partial charge in [0.1, 0.15) is 11.6 Å². The molecule has 0 aliphatic heterocycles. The molecule has 0 fully saturated rings. The third-order valence-corrected chi connectivity index (χ3v) is 11.3. The van der Waals surface area contributed by atoms with E-state index in [1.807, 2.05) is 83.6 Å². The number of phenols is 1. The Kier molecular flexibility index (Phi) is 8.74. The summed E-state index contributed by atoms with van der Waals surface area (Å²) in [7, 11) is 0. The van der Waals surface area contributed by atoms with Crippen LogP contribution in [-0.4, -0.2) is 19.6 Å². The summed E-state index contributed by atoms with van der Waals surface area (Å²) in [4.78, 5) is 10.2. The zero-order chi connectivity index (χ0) is 45.8. The Labute approximate surface area is 360 Å². The molecule has 0 amide bonds. The van der Waals surface area contributed by atoms with Crippen molar-refractivity contribution in [2.75, 3.05) is 0 Å². The first kappa shape index (κ1) is 32.9. The molecule has 60 heavy (non-hydrogen) atoms. The van der Waals surface area contributed by atoms with Gasteiger partial charge in [-0.3, -0.25) is 9.55 Å². The largest absolute Gasteiger partial charge is 0.507 e. The smallest absolute Gasteiger partial charge is 0.149 e. The van der Waals surface area contributed by atoms with Gasteiger partial charge in [0.15, 0.2) is 0 Å². The SMILES string of the molecule is [2H]C([2H])([2H])c1cc(-c2c(C([2H])(C)C)cccc2C([2H])(C)C)ccc1-n1c(-c2ccccc2O)nc2c(-c3cc(-c4ccccc4)cc(-c4cc(-c5ccc(C)cc5)ccn4)c3)cccc21. The lowest BCUT2D eigenvalue weighted by Crippen LogP contribution is -2.03. The first-order valence-electron chi connectivity index (χ1n) is 22.8. The number of para-hydroxylation sites is 2. The number of phenolic OH excluding ortho intramolecular Hbond substituents is 1. The molecule has 7 aromatic carbocycles. The Morgan fingerprint density at radius 1 is 0.567 bits per heavy atom. The molecule has 0 unspecified atom stereocenters. The third-order valence-electron chi connectivity index (χ3n) is 11.3. The Balaban J connectivity index is 1.30. The first-order valence-corrected chi connectivity index (χ1v) is 20.3. The van der Waals surface area contributed by atoms with Crippen molar-refractivity contribution in [1.29, 1.82) is 0 Å². The molecule has 4 heteroatoms. The second kappa shape index (κ2) is 16.0. The molecular weight excluding hydrogens is 731 g/mol. The quantitative estimate of drug-likeness (QED) is 0.159. The predicted octanol–water partition coefficient (Wildman–Crippen LogP) is 15.0. The molecule has 9 rings (SSSR count). The summed E-state index contributed by atoms with van der Waals surface area (Å²) in [5, 5.41) is 11.4. The average Bonchev–Trinajstić information content (AvgIpc) is 3.68. The van der Waals surface area contributed by atoms with Gasteiger partial charge in [0.05, 0.1) is 28.0 Å². The molecule has 2 aromatic heterocycles. The minimum atomic E-state index is -2.60. The topological polar surface area (TPSA) is 50.9 Å². The average molecular weight is 785 g/mol. The van der Waals surface area contributed by atoms with Crippen molar-refractivity contribution in [2.24, 2.45) is 0 Å². The molecule has 0 atom stereocenters. The van der Waals surface area contributed by atoms with Gasteiger partial charge in [0, 0.05) is 24.2 Å². The van der Waals surface area contributed by atoms with Crippen LogP contribution in [0, 0.1) is 13.8 Å². The monoisotopic (exact) mass is 784 g/mol. The van der Waals surface area contributed by atoms with Gasteiger partial charge in [-0.05, 0) is 142 Å². The maximum absolute atomic E-state index is 11.4. The van der Waals surface area contributed by atoms with Gasteiger partial charge in [0.2, 0.25) is 0 Å². The molecule has 0 radical (unpaired) electrons. The number of aryl methyl sites for hydroxylation is 2. The molecule has 0 saturated carbocycles. The number of pyridine rings is 1. The number of hydrogen-bond donors (Lipinski definition) is 1. The zero-order valence-electron chi connectivity index (χ0n) is 39.5. The lowest BCUT2D eigenvalue weighted by Gasteiger charge is -2.21. The minimum Gasteiger partial charge on any atom is -0.507 e. The summed E-state index contributed by atoms with van der Waals surface area (Å²) in [5.41, 5.74) is 13.6. The summed E-state index contributed by atoms with van der Waals surface area (Å²) in [6.07, 6.45) is 1.84. The van der Waals surface area contributed by atoms with Crippen molar-refractivity contribution < 1.29 is 12.0 Å². The number of nitrogens with zero attached hydrogens (tertiary/aromatic N) is 3. The van der Waals surface area contributed by atoms with E-state index in [0.29, 0.717) is 50.4 Å². The second-order valence-corrected chi connectivity index (χ2v) is 15.9. The number of rotatable bonds is 9. The molecule has 0 spiro atoms. The van der Waals surface area contributed by atoms with Crippen LogP contribution < -0.4 is 0 Å². The van der Waals surface area contributed by atoms with Crippen molar-refractivity contribution in [3.05, 3.63) is 192 Å². The maximum atomic E-state index is 11.4. The fraction of sp³-hybridized carbons (Fsp3) is 0.143. The highest BCUT2D eigenvalue weighted by atomic mass is 16.3. The molecule has 0 bridgehead atoms. The highest BCUT2D eigenvalue weighted by Crippen LogP contribution is 2.42. The number of aromatic nitrogens is 3. The van der Waals surface area contributed by atoms with Crippen LogP contribution in [0.25, 0.3) is 83.9 Å². The van der Waals surface area contributed by atoms with Crippen LogP contribution in [-0.2, 0) is 0 Å². The highest BCUT2D eigenvalue weighted by molar-refractivity contribution is 5.98. The van der Waals surface area contributed by atoms with E-state index in [9.17, 15) is 5.11 Å². The molecule has 2 heterocycles. The summed E-state index contributed by atoms with van der Waals surface area (Å²) < 4.78 is 47.0. The summed E-state index contributed by atoms with van der Waals surface area (Å²) in [6.45, 7) is 6.69. The van der Waals surface area contributed by atoms with Crippen LogP contribution in [0.15, 0.2) is 170 Å². The lowest BCUT2D eigenvalue weighted by molar-refractivity contribution is 0.477. The van der Waals surface area contributed by atoms with Gasteiger partial charge < -0.3 is 5.11 Å². The molecule has 0 aliphatic rings.